The molecule has 3 nitrogen and oxygen atoms in total. The van der Waals surface area contributed by atoms with Gasteiger partial charge in [0.25, 0.3) is 0 Å². The summed E-state index contributed by atoms with van der Waals surface area (Å²) in [7, 11) is 0. The first kappa shape index (κ1) is 16.2. The first-order valence-corrected chi connectivity index (χ1v) is 8.61. The van der Waals surface area contributed by atoms with Crippen LogP contribution in [0.4, 0.5) is 0 Å². The highest BCUT2D eigenvalue weighted by Gasteiger charge is 2.34. The smallest absolute Gasteiger partial charge is 0.312 e. The predicted octanol–water partition coefficient (Wildman–Crippen LogP) is 4.97. The second-order valence-electron chi connectivity index (χ2n) is 6.44. The quantitative estimate of drug-likeness (QED) is 0.738. The van der Waals surface area contributed by atoms with Gasteiger partial charge in [0.15, 0.2) is 0 Å². The van der Waals surface area contributed by atoms with Crippen molar-refractivity contribution < 1.29 is 9.53 Å². The summed E-state index contributed by atoms with van der Waals surface area (Å²) in [6.45, 7) is 0. The lowest BCUT2D eigenvalue weighted by molar-refractivity contribution is -0.138. The van der Waals surface area contributed by atoms with Crippen molar-refractivity contribution in [3.8, 4) is 0 Å². The van der Waals surface area contributed by atoms with E-state index in [4.69, 9.17) is 4.74 Å². The third kappa shape index (κ3) is 3.52. The summed E-state index contributed by atoms with van der Waals surface area (Å²) < 4.78 is 5.46. The van der Waals surface area contributed by atoms with Crippen LogP contribution >= 0.6 is 0 Å². The molecule has 0 unspecified atom stereocenters. The minimum atomic E-state index is -0.433. The number of hydrogen-bond acceptors (Lipinski definition) is 3. The molecular formula is C23H19NO2. The average molecular weight is 341 g/mol. The molecule has 2 aromatic rings. The number of nitrogens with zero attached hydrogens (tertiary/aromatic N) is 1. The van der Waals surface area contributed by atoms with Crippen LogP contribution in [0, 0.1) is 5.41 Å². The Morgan fingerprint density at radius 2 is 1.58 bits per heavy atom. The second-order valence-corrected chi connectivity index (χ2v) is 6.44. The lowest BCUT2D eigenvalue weighted by atomic mass is 9.80. The van der Waals surface area contributed by atoms with Crippen LogP contribution < -0.4 is 0 Å². The Balaban J connectivity index is 1.55. The van der Waals surface area contributed by atoms with Crippen LogP contribution in [0.15, 0.2) is 97.5 Å². The maximum Gasteiger partial charge on any atom is 0.312 e. The van der Waals surface area contributed by atoms with Crippen LogP contribution in [-0.2, 0) is 9.53 Å². The Bertz CT molecular complexity index is 894. The largest absolute Gasteiger partial charge is 0.426 e. The third-order valence-corrected chi connectivity index (χ3v) is 4.49. The number of esters is 1. The Morgan fingerprint density at radius 1 is 0.923 bits per heavy atom. The van der Waals surface area contributed by atoms with Crippen molar-refractivity contribution in [3.05, 3.63) is 109 Å². The topological polar surface area (TPSA) is 29.5 Å². The molecule has 0 radical (unpaired) electrons. The lowest BCUT2D eigenvalue weighted by Crippen LogP contribution is -2.27. The molecule has 2 aliphatic rings. The number of rotatable bonds is 3. The summed E-state index contributed by atoms with van der Waals surface area (Å²) in [4.78, 5) is 14.1. The molecular weight excluding hydrogens is 322 g/mol. The minimum Gasteiger partial charge on any atom is -0.426 e. The molecule has 4 rings (SSSR count). The summed E-state index contributed by atoms with van der Waals surface area (Å²) in [5.41, 5.74) is 1.62. The standard InChI is InChI=1S/C23H19NO2/c25-22-18-23(17-21(26-22)20-9-5-2-6-10-20)12-15-24(16-13-23)14-11-19-7-3-1-4-8-19/h1-17H,18H2/b14-11+. The number of benzene rings is 2. The summed E-state index contributed by atoms with van der Waals surface area (Å²) in [6, 6.07) is 19.9. The highest BCUT2D eigenvalue weighted by Crippen LogP contribution is 2.39. The van der Waals surface area contributed by atoms with Gasteiger partial charge in [-0.1, -0.05) is 72.8 Å². The molecule has 0 saturated heterocycles. The van der Waals surface area contributed by atoms with Gasteiger partial charge in [0.2, 0.25) is 0 Å². The number of carbonyl (C=O) groups is 1. The molecule has 0 amide bonds. The van der Waals surface area contributed by atoms with E-state index in [9.17, 15) is 4.79 Å². The van der Waals surface area contributed by atoms with Crippen molar-refractivity contribution in [2.45, 2.75) is 6.42 Å². The van der Waals surface area contributed by atoms with Gasteiger partial charge in [-0.2, -0.15) is 0 Å². The normalized spacial score (nSPS) is 18.2. The van der Waals surface area contributed by atoms with Gasteiger partial charge in [-0.25, -0.2) is 0 Å². The van der Waals surface area contributed by atoms with E-state index >= 15 is 0 Å². The maximum atomic E-state index is 12.2. The molecule has 2 aliphatic heterocycles. The number of carbonyl (C=O) groups excluding carboxylic acids is 1. The maximum absolute atomic E-state index is 12.2. The zero-order valence-corrected chi connectivity index (χ0v) is 14.3. The fourth-order valence-corrected chi connectivity index (χ4v) is 3.08. The van der Waals surface area contributed by atoms with Crippen molar-refractivity contribution in [2.75, 3.05) is 0 Å². The molecule has 128 valence electrons. The lowest BCUT2D eigenvalue weighted by Gasteiger charge is -2.32. The van der Waals surface area contributed by atoms with Crippen LogP contribution in [0.1, 0.15) is 17.5 Å². The molecule has 0 aromatic heterocycles. The van der Waals surface area contributed by atoms with E-state index in [1.54, 1.807) is 0 Å². The zero-order chi connectivity index (χ0) is 17.8. The molecule has 0 aliphatic carbocycles. The highest BCUT2D eigenvalue weighted by molar-refractivity contribution is 5.83. The van der Waals surface area contributed by atoms with Gasteiger partial charge in [-0.05, 0) is 17.7 Å². The summed E-state index contributed by atoms with van der Waals surface area (Å²) in [6.07, 6.45) is 14.4. The SMILES string of the molecule is O=C1CC2(C=CN(/C=C/c3ccccc3)C=C2)C=C(c2ccccc2)O1. The molecule has 0 saturated carbocycles. The fourth-order valence-electron chi connectivity index (χ4n) is 3.08. The van der Waals surface area contributed by atoms with Crippen molar-refractivity contribution in [3.63, 3.8) is 0 Å². The first-order valence-electron chi connectivity index (χ1n) is 8.61. The van der Waals surface area contributed by atoms with Crippen LogP contribution in [0.25, 0.3) is 11.8 Å². The highest BCUT2D eigenvalue weighted by atomic mass is 16.5. The van der Waals surface area contributed by atoms with Crippen molar-refractivity contribution in [1.29, 1.82) is 0 Å². The Labute approximate surface area is 153 Å². The van der Waals surface area contributed by atoms with E-state index in [1.165, 1.54) is 0 Å². The van der Waals surface area contributed by atoms with Crippen molar-refractivity contribution in [2.24, 2.45) is 5.41 Å². The van der Waals surface area contributed by atoms with Crippen molar-refractivity contribution >= 4 is 17.8 Å². The molecule has 0 atom stereocenters. The first-order chi connectivity index (χ1) is 12.7. The predicted molar refractivity (Wildman–Crippen MR) is 103 cm³/mol. The van der Waals surface area contributed by atoms with E-state index < -0.39 is 5.41 Å². The van der Waals surface area contributed by atoms with Gasteiger partial charge in [0.1, 0.15) is 5.76 Å². The Hall–Kier alpha value is -3.33. The van der Waals surface area contributed by atoms with Gasteiger partial charge in [-0.15, -0.1) is 0 Å². The van der Waals surface area contributed by atoms with E-state index in [2.05, 4.69) is 12.1 Å². The minimum absolute atomic E-state index is 0.214. The molecule has 0 bridgehead atoms. The van der Waals surface area contributed by atoms with Gasteiger partial charge in [-0.3, -0.25) is 4.79 Å². The van der Waals surface area contributed by atoms with E-state index in [-0.39, 0.29) is 5.97 Å². The van der Waals surface area contributed by atoms with Gasteiger partial charge < -0.3 is 9.64 Å². The molecule has 0 N–H and O–H groups in total. The molecule has 3 heteroatoms. The van der Waals surface area contributed by atoms with Crippen molar-refractivity contribution in [1.82, 2.24) is 4.90 Å². The monoisotopic (exact) mass is 341 g/mol. The second kappa shape index (κ2) is 6.89. The number of hydrogen-bond donors (Lipinski definition) is 0. The average Bonchev–Trinajstić information content (AvgIpc) is 2.69. The van der Waals surface area contributed by atoms with Crippen LogP contribution in [0.3, 0.4) is 0 Å². The van der Waals surface area contributed by atoms with E-state index in [1.807, 2.05) is 96.3 Å². The Morgan fingerprint density at radius 3 is 2.27 bits per heavy atom. The summed E-state index contributed by atoms with van der Waals surface area (Å²) in [5.74, 6) is 0.401. The molecule has 2 heterocycles. The molecule has 26 heavy (non-hydrogen) atoms. The fraction of sp³-hybridized carbons (Fsp3) is 0.0870. The van der Waals surface area contributed by atoms with E-state index in [0.29, 0.717) is 12.2 Å². The zero-order valence-electron chi connectivity index (χ0n) is 14.3. The molecule has 1 spiro atoms. The molecule has 0 fully saturated rings. The van der Waals surface area contributed by atoms with Crippen LogP contribution in [0.2, 0.25) is 0 Å². The Kier molecular flexibility index (Phi) is 4.28. The van der Waals surface area contributed by atoms with Gasteiger partial charge >= 0.3 is 5.97 Å². The summed E-state index contributed by atoms with van der Waals surface area (Å²) >= 11 is 0. The van der Waals surface area contributed by atoms with Gasteiger partial charge in [0, 0.05) is 29.6 Å². The summed E-state index contributed by atoms with van der Waals surface area (Å²) in [5, 5.41) is 0. The number of cyclic esters (lactones) is 1. The van der Waals surface area contributed by atoms with Crippen LogP contribution in [-0.4, -0.2) is 10.9 Å². The number of allylic oxidation sites excluding steroid dienone is 3. The van der Waals surface area contributed by atoms with Gasteiger partial charge in [0.05, 0.1) is 6.42 Å². The van der Waals surface area contributed by atoms with Crippen LogP contribution in [0.5, 0.6) is 0 Å². The number of ether oxygens (including phenoxy) is 1. The molecule has 2 aromatic carbocycles. The van der Waals surface area contributed by atoms with E-state index in [0.717, 1.165) is 11.1 Å². The third-order valence-electron chi connectivity index (χ3n) is 4.49.